The molecule has 11 heteroatoms. The molecule has 1 atom stereocenters. The van der Waals surface area contributed by atoms with Crippen molar-refractivity contribution in [3.63, 3.8) is 0 Å². The topological polar surface area (TPSA) is 122 Å². The van der Waals surface area contributed by atoms with Crippen LogP contribution in [-0.4, -0.2) is 57.0 Å². The van der Waals surface area contributed by atoms with Gasteiger partial charge in [0.2, 0.25) is 5.82 Å². The number of sulfone groups is 1. The number of H-pyrrole nitrogens is 1. The van der Waals surface area contributed by atoms with Gasteiger partial charge in [-0.15, -0.1) is 10.2 Å². The Morgan fingerprint density at radius 3 is 2.44 bits per heavy atom. The van der Waals surface area contributed by atoms with Gasteiger partial charge in [0.25, 0.3) is 0 Å². The zero-order valence-electron chi connectivity index (χ0n) is 19.0. The van der Waals surface area contributed by atoms with Gasteiger partial charge in [0, 0.05) is 30.6 Å². The minimum absolute atomic E-state index is 0.375. The van der Waals surface area contributed by atoms with E-state index in [9.17, 15) is 8.42 Å². The van der Waals surface area contributed by atoms with Crippen LogP contribution in [0.15, 0.2) is 66.9 Å². The van der Waals surface area contributed by atoms with Crippen molar-refractivity contribution < 1.29 is 8.42 Å². The summed E-state index contributed by atoms with van der Waals surface area (Å²) in [6.07, 6.45) is 5.01. The number of aromatic nitrogens is 6. The lowest BCUT2D eigenvalue weighted by atomic mass is 9.99. The molecular weight excluding hydrogens is 452 g/mol. The number of tetrazole rings is 1. The number of anilines is 2. The number of hydrogen-bond donors (Lipinski definition) is 2. The van der Waals surface area contributed by atoms with Crippen LogP contribution >= 0.6 is 0 Å². The Hall–Kier alpha value is -3.99. The monoisotopic (exact) mass is 476 g/mol. The van der Waals surface area contributed by atoms with Crippen molar-refractivity contribution in [1.29, 1.82) is 0 Å². The summed E-state index contributed by atoms with van der Waals surface area (Å²) in [6, 6.07) is 17.6. The van der Waals surface area contributed by atoms with Crippen LogP contribution in [0.25, 0.3) is 28.3 Å². The Morgan fingerprint density at radius 1 is 1.06 bits per heavy atom. The second-order valence-corrected chi connectivity index (χ2v) is 10.4. The van der Waals surface area contributed by atoms with E-state index < -0.39 is 14.7 Å². The normalized spacial score (nSPS) is 17.6. The van der Waals surface area contributed by atoms with E-state index in [1.54, 1.807) is 23.0 Å². The van der Waals surface area contributed by atoms with Gasteiger partial charge in [-0.3, -0.25) is 0 Å². The molecule has 1 aliphatic heterocycles. The molecule has 0 saturated heterocycles. The van der Waals surface area contributed by atoms with Crippen LogP contribution in [-0.2, 0) is 9.84 Å². The van der Waals surface area contributed by atoms with E-state index in [-0.39, 0.29) is 0 Å². The molecule has 10 nitrogen and oxygen atoms in total. The zero-order chi connectivity index (χ0) is 23.9. The van der Waals surface area contributed by atoms with E-state index in [2.05, 4.69) is 31.0 Å². The Balaban J connectivity index is 1.53. The summed E-state index contributed by atoms with van der Waals surface area (Å²) in [4.78, 5) is 0.720. The summed E-state index contributed by atoms with van der Waals surface area (Å²) in [5, 5.41) is 21.9. The van der Waals surface area contributed by atoms with E-state index in [1.807, 2.05) is 67.4 Å². The van der Waals surface area contributed by atoms with Crippen molar-refractivity contribution in [3.8, 4) is 22.5 Å². The van der Waals surface area contributed by atoms with E-state index in [1.165, 1.54) is 6.26 Å². The van der Waals surface area contributed by atoms with Gasteiger partial charge in [-0.05, 0) is 41.0 Å². The van der Waals surface area contributed by atoms with Crippen LogP contribution < -0.4 is 10.2 Å². The van der Waals surface area contributed by atoms with Crippen molar-refractivity contribution >= 4 is 27.2 Å². The van der Waals surface area contributed by atoms with Gasteiger partial charge in [0.1, 0.15) is 11.6 Å². The first kappa shape index (κ1) is 21.8. The molecule has 0 aliphatic carbocycles. The van der Waals surface area contributed by atoms with Crippen LogP contribution in [0, 0.1) is 0 Å². The first-order valence-electron chi connectivity index (χ1n) is 10.7. The molecule has 2 aromatic heterocycles. The summed E-state index contributed by atoms with van der Waals surface area (Å²) in [6.45, 7) is 1.85. The van der Waals surface area contributed by atoms with Gasteiger partial charge in [0.05, 0.1) is 6.20 Å². The Labute approximate surface area is 197 Å². The Morgan fingerprint density at radius 2 is 1.79 bits per heavy atom. The minimum atomic E-state index is -3.45. The summed E-state index contributed by atoms with van der Waals surface area (Å²) < 4.78 is 27.2. The number of rotatable bonds is 6. The lowest BCUT2D eigenvalue weighted by Gasteiger charge is -2.37. The number of benzene rings is 2. The van der Waals surface area contributed by atoms with Crippen molar-refractivity contribution in [1.82, 2.24) is 30.4 Å². The van der Waals surface area contributed by atoms with Crippen LogP contribution in [0.5, 0.6) is 0 Å². The Kier molecular flexibility index (Phi) is 5.20. The van der Waals surface area contributed by atoms with Gasteiger partial charge in [0.15, 0.2) is 14.7 Å². The average molecular weight is 477 g/mol. The third-order valence-electron chi connectivity index (χ3n) is 6.17. The molecule has 34 heavy (non-hydrogen) atoms. The number of aromatic amines is 1. The molecular formula is C23H24N8O2S. The Bertz CT molecular complexity index is 1460. The van der Waals surface area contributed by atoms with Crippen molar-refractivity contribution in [2.75, 3.05) is 23.5 Å². The minimum Gasteiger partial charge on any atom is -0.348 e. The summed E-state index contributed by atoms with van der Waals surface area (Å²) in [7, 11) is -1.55. The standard InChI is InChI=1S/C23H24N8O2S/c1-4-23(34(3,32)33)15-21(31-20(25-23)13-14-24-31)30(2)17-11-9-16(10-12-17)18-7-5-6-8-19(18)22-26-28-29-27-22/h5-15,25H,4H2,1-3H3,(H,26,27,28,29). The molecule has 2 N–H and O–H groups in total. The highest BCUT2D eigenvalue weighted by molar-refractivity contribution is 7.92. The largest absolute Gasteiger partial charge is 0.348 e. The van der Waals surface area contributed by atoms with Crippen LogP contribution in [0.4, 0.5) is 11.5 Å². The number of nitrogens with one attached hydrogen (secondary N) is 2. The molecule has 3 heterocycles. The van der Waals surface area contributed by atoms with Crippen molar-refractivity contribution in [3.05, 3.63) is 66.9 Å². The fourth-order valence-electron chi connectivity index (χ4n) is 4.20. The molecule has 0 bridgehead atoms. The van der Waals surface area contributed by atoms with Crippen LogP contribution in [0.1, 0.15) is 13.3 Å². The molecule has 0 spiro atoms. The molecule has 1 unspecified atom stereocenters. The zero-order valence-corrected chi connectivity index (χ0v) is 19.8. The molecule has 2 aromatic carbocycles. The second kappa shape index (κ2) is 8.10. The van der Waals surface area contributed by atoms with Gasteiger partial charge >= 0.3 is 0 Å². The highest BCUT2D eigenvalue weighted by Gasteiger charge is 2.42. The van der Waals surface area contributed by atoms with Gasteiger partial charge in [-0.2, -0.15) is 10.3 Å². The fourth-order valence-corrected chi connectivity index (χ4v) is 5.33. The predicted octanol–water partition coefficient (Wildman–Crippen LogP) is 3.24. The lowest BCUT2D eigenvalue weighted by Crippen LogP contribution is -2.47. The third kappa shape index (κ3) is 3.54. The molecule has 5 rings (SSSR count). The van der Waals surface area contributed by atoms with Crippen molar-refractivity contribution in [2.45, 2.75) is 18.2 Å². The summed E-state index contributed by atoms with van der Waals surface area (Å²) in [5.74, 6) is 1.81. The third-order valence-corrected chi connectivity index (χ3v) is 8.00. The maximum Gasteiger partial charge on any atom is 0.205 e. The SMILES string of the molecule is CCC1(S(C)(=O)=O)C=C(N(C)c2ccc(-c3ccccc3-c3nn[nH]n3)cc2)n2nccc2N1. The van der Waals surface area contributed by atoms with E-state index in [0.717, 1.165) is 22.4 Å². The van der Waals surface area contributed by atoms with E-state index in [4.69, 9.17) is 0 Å². The molecule has 4 aromatic rings. The molecule has 174 valence electrons. The molecule has 0 radical (unpaired) electrons. The highest BCUT2D eigenvalue weighted by atomic mass is 32.2. The summed E-state index contributed by atoms with van der Waals surface area (Å²) in [5.41, 5.74) is 3.74. The summed E-state index contributed by atoms with van der Waals surface area (Å²) >= 11 is 0. The van der Waals surface area contributed by atoms with Gasteiger partial charge < -0.3 is 10.2 Å². The molecule has 0 saturated carbocycles. The highest BCUT2D eigenvalue weighted by Crippen LogP contribution is 2.37. The fraction of sp³-hybridized carbons (Fsp3) is 0.217. The first-order valence-corrected chi connectivity index (χ1v) is 12.6. The number of nitrogens with zero attached hydrogens (tertiary/aromatic N) is 6. The second-order valence-electron chi connectivity index (χ2n) is 8.16. The van der Waals surface area contributed by atoms with E-state index >= 15 is 0 Å². The smallest absolute Gasteiger partial charge is 0.205 e. The van der Waals surface area contributed by atoms with Gasteiger partial charge in [-0.25, -0.2) is 13.1 Å². The quantitative estimate of drug-likeness (QED) is 0.435. The van der Waals surface area contributed by atoms with Crippen LogP contribution in [0.3, 0.4) is 0 Å². The molecule has 0 amide bonds. The lowest BCUT2D eigenvalue weighted by molar-refractivity contribution is 0.562. The predicted molar refractivity (Wildman–Crippen MR) is 131 cm³/mol. The maximum atomic E-state index is 12.7. The number of hydrogen-bond acceptors (Lipinski definition) is 8. The molecule has 0 fully saturated rings. The molecule has 1 aliphatic rings. The first-order chi connectivity index (χ1) is 16.3. The van der Waals surface area contributed by atoms with Crippen LogP contribution in [0.2, 0.25) is 0 Å². The van der Waals surface area contributed by atoms with Crippen molar-refractivity contribution in [2.24, 2.45) is 0 Å². The van der Waals surface area contributed by atoms with Gasteiger partial charge in [-0.1, -0.05) is 43.3 Å². The average Bonchev–Trinajstić information content (AvgIpc) is 3.54. The maximum absolute atomic E-state index is 12.7. The van der Waals surface area contributed by atoms with E-state index in [0.29, 0.717) is 23.9 Å². The number of fused-ring (bicyclic) bond motifs is 1.